The lowest BCUT2D eigenvalue weighted by atomic mass is 10.2. The van der Waals surface area contributed by atoms with Gasteiger partial charge in [-0.05, 0) is 12.1 Å². The second kappa shape index (κ2) is 8.05. The highest BCUT2D eigenvalue weighted by molar-refractivity contribution is 5.60. The molecule has 0 bridgehead atoms. The van der Waals surface area contributed by atoms with Gasteiger partial charge in [-0.3, -0.25) is 0 Å². The maximum atomic E-state index is 5.30. The molecule has 2 aromatic rings. The fraction of sp³-hybridized carbons (Fsp3) is 0.294. The third kappa shape index (κ3) is 3.68. The van der Waals surface area contributed by atoms with Gasteiger partial charge in [0.1, 0.15) is 0 Å². The Kier molecular flexibility index (Phi) is 5.83. The maximum absolute atomic E-state index is 5.30. The molecule has 0 aliphatic carbocycles. The van der Waals surface area contributed by atoms with Gasteiger partial charge in [-0.1, -0.05) is 0 Å². The molecule has 2 rings (SSSR count). The third-order valence-electron chi connectivity index (χ3n) is 3.30. The lowest BCUT2D eigenvalue weighted by Crippen LogP contribution is -1.94. The molecule has 0 radical (unpaired) electrons. The molecule has 0 N–H and O–H groups in total. The first kappa shape index (κ1) is 17.4. The first-order valence-electron chi connectivity index (χ1n) is 7.10. The summed E-state index contributed by atoms with van der Waals surface area (Å²) < 4.78 is 26.3. The van der Waals surface area contributed by atoms with Crippen LogP contribution in [0, 0.1) is 0 Å². The van der Waals surface area contributed by atoms with E-state index in [-0.39, 0.29) is 0 Å². The monoisotopic (exact) mass is 332 g/mol. The van der Waals surface area contributed by atoms with E-state index in [1.807, 2.05) is 0 Å². The molecule has 2 aromatic carbocycles. The SMILES string of the molecule is COc1ccc(/N=N/c2cc(OC)c(OC)c(OC)c2)cc1OC. The predicted octanol–water partition coefficient (Wildman–Crippen LogP) is 4.15. The Labute approximate surface area is 140 Å². The van der Waals surface area contributed by atoms with Crippen LogP contribution in [0.25, 0.3) is 0 Å². The van der Waals surface area contributed by atoms with Crippen LogP contribution in [-0.4, -0.2) is 35.5 Å². The molecule has 0 heterocycles. The molecular formula is C17H20N2O5. The van der Waals surface area contributed by atoms with Crippen LogP contribution in [0.4, 0.5) is 11.4 Å². The second-order valence-corrected chi connectivity index (χ2v) is 4.62. The van der Waals surface area contributed by atoms with E-state index in [0.29, 0.717) is 40.1 Å². The van der Waals surface area contributed by atoms with Crippen molar-refractivity contribution in [3.05, 3.63) is 30.3 Å². The minimum Gasteiger partial charge on any atom is -0.493 e. The highest BCUT2D eigenvalue weighted by Gasteiger charge is 2.13. The highest BCUT2D eigenvalue weighted by atomic mass is 16.5. The minimum absolute atomic E-state index is 0.505. The standard InChI is InChI=1S/C17H20N2O5/c1-20-13-7-6-11(8-14(13)21-2)18-19-12-9-15(22-3)17(24-5)16(10-12)23-4/h6-10H,1-5H3/b19-18+. The number of methoxy groups -OCH3 is 5. The van der Waals surface area contributed by atoms with E-state index in [9.17, 15) is 0 Å². The van der Waals surface area contributed by atoms with Gasteiger partial charge < -0.3 is 23.7 Å². The first-order chi connectivity index (χ1) is 11.7. The molecule has 0 atom stereocenters. The van der Waals surface area contributed by atoms with Gasteiger partial charge in [0.05, 0.1) is 46.9 Å². The molecular weight excluding hydrogens is 312 g/mol. The summed E-state index contributed by atoms with van der Waals surface area (Å²) in [7, 11) is 7.79. The Morgan fingerprint density at radius 2 is 1.04 bits per heavy atom. The van der Waals surface area contributed by atoms with Crippen LogP contribution in [0.15, 0.2) is 40.6 Å². The Hall–Kier alpha value is -2.96. The first-order valence-corrected chi connectivity index (χ1v) is 7.10. The van der Waals surface area contributed by atoms with Crippen molar-refractivity contribution in [1.82, 2.24) is 0 Å². The van der Waals surface area contributed by atoms with Gasteiger partial charge in [0.2, 0.25) is 5.75 Å². The molecule has 0 aliphatic heterocycles. The summed E-state index contributed by atoms with van der Waals surface area (Å²) in [5.74, 6) is 2.74. The van der Waals surface area contributed by atoms with Crippen molar-refractivity contribution in [2.24, 2.45) is 10.2 Å². The molecule has 0 aliphatic rings. The zero-order valence-corrected chi connectivity index (χ0v) is 14.3. The van der Waals surface area contributed by atoms with Crippen LogP contribution in [0.5, 0.6) is 28.7 Å². The number of rotatable bonds is 7. The van der Waals surface area contributed by atoms with Gasteiger partial charge in [0.25, 0.3) is 0 Å². The number of ether oxygens (including phenoxy) is 5. The molecule has 0 unspecified atom stereocenters. The van der Waals surface area contributed by atoms with Crippen LogP contribution < -0.4 is 23.7 Å². The van der Waals surface area contributed by atoms with E-state index in [4.69, 9.17) is 23.7 Å². The van der Waals surface area contributed by atoms with Gasteiger partial charge in [-0.25, -0.2) is 0 Å². The molecule has 0 fully saturated rings. The Morgan fingerprint density at radius 3 is 1.54 bits per heavy atom. The highest BCUT2D eigenvalue weighted by Crippen LogP contribution is 2.41. The quantitative estimate of drug-likeness (QED) is 0.712. The summed E-state index contributed by atoms with van der Waals surface area (Å²) in [6, 6.07) is 8.71. The van der Waals surface area contributed by atoms with E-state index in [0.717, 1.165) is 0 Å². The van der Waals surface area contributed by atoms with Crippen LogP contribution in [0.3, 0.4) is 0 Å². The topological polar surface area (TPSA) is 70.9 Å². The van der Waals surface area contributed by atoms with Gasteiger partial charge in [-0.2, -0.15) is 10.2 Å². The Bertz CT molecular complexity index is 706. The Morgan fingerprint density at radius 1 is 0.542 bits per heavy atom. The molecule has 24 heavy (non-hydrogen) atoms. The zero-order valence-electron chi connectivity index (χ0n) is 14.3. The van der Waals surface area contributed by atoms with Crippen molar-refractivity contribution in [3.63, 3.8) is 0 Å². The van der Waals surface area contributed by atoms with E-state index >= 15 is 0 Å². The number of hydrogen-bond acceptors (Lipinski definition) is 7. The van der Waals surface area contributed by atoms with E-state index in [2.05, 4.69) is 10.2 Å². The molecule has 128 valence electrons. The lowest BCUT2D eigenvalue weighted by Gasteiger charge is -2.12. The molecule has 0 spiro atoms. The van der Waals surface area contributed by atoms with E-state index in [1.165, 1.54) is 0 Å². The second-order valence-electron chi connectivity index (χ2n) is 4.62. The number of nitrogens with zero attached hydrogens (tertiary/aromatic N) is 2. The summed E-state index contributed by atoms with van der Waals surface area (Å²) >= 11 is 0. The maximum Gasteiger partial charge on any atom is 0.203 e. The van der Waals surface area contributed by atoms with Gasteiger partial charge >= 0.3 is 0 Å². The molecule has 0 amide bonds. The number of hydrogen-bond donors (Lipinski definition) is 0. The van der Waals surface area contributed by atoms with Crippen LogP contribution >= 0.6 is 0 Å². The van der Waals surface area contributed by atoms with Gasteiger partial charge in [-0.15, -0.1) is 0 Å². The van der Waals surface area contributed by atoms with E-state index in [1.54, 1.807) is 65.9 Å². The molecule has 7 heteroatoms. The number of azo groups is 1. The van der Waals surface area contributed by atoms with Crippen molar-refractivity contribution in [2.45, 2.75) is 0 Å². The average Bonchev–Trinajstić information content (AvgIpc) is 2.64. The summed E-state index contributed by atoms with van der Waals surface area (Å²) in [6.07, 6.45) is 0. The largest absolute Gasteiger partial charge is 0.493 e. The molecule has 0 saturated carbocycles. The van der Waals surface area contributed by atoms with Crippen molar-refractivity contribution in [2.75, 3.05) is 35.5 Å². The molecule has 0 saturated heterocycles. The summed E-state index contributed by atoms with van der Waals surface area (Å²) in [6.45, 7) is 0. The lowest BCUT2D eigenvalue weighted by molar-refractivity contribution is 0.324. The molecule has 7 nitrogen and oxygen atoms in total. The summed E-state index contributed by atoms with van der Waals surface area (Å²) in [4.78, 5) is 0. The van der Waals surface area contributed by atoms with E-state index < -0.39 is 0 Å². The van der Waals surface area contributed by atoms with Gasteiger partial charge in [0, 0.05) is 18.2 Å². The van der Waals surface area contributed by atoms with Crippen molar-refractivity contribution >= 4 is 11.4 Å². The number of benzene rings is 2. The van der Waals surface area contributed by atoms with Crippen molar-refractivity contribution < 1.29 is 23.7 Å². The summed E-state index contributed by atoms with van der Waals surface area (Å²) in [5, 5.41) is 8.42. The third-order valence-corrected chi connectivity index (χ3v) is 3.30. The predicted molar refractivity (Wildman–Crippen MR) is 89.8 cm³/mol. The van der Waals surface area contributed by atoms with Crippen LogP contribution in [-0.2, 0) is 0 Å². The fourth-order valence-corrected chi connectivity index (χ4v) is 2.13. The average molecular weight is 332 g/mol. The molecule has 0 aromatic heterocycles. The minimum atomic E-state index is 0.505. The van der Waals surface area contributed by atoms with Crippen LogP contribution in [0.2, 0.25) is 0 Å². The Balaban J connectivity index is 2.35. The van der Waals surface area contributed by atoms with Crippen molar-refractivity contribution in [1.29, 1.82) is 0 Å². The smallest absolute Gasteiger partial charge is 0.203 e. The van der Waals surface area contributed by atoms with Gasteiger partial charge in [0.15, 0.2) is 23.0 Å². The fourth-order valence-electron chi connectivity index (χ4n) is 2.13. The zero-order chi connectivity index (χ0) is 17.5. The van der Waals surface area contributed by atoms with Crippen LogP contribution in [0.1, 0.15) is 0 Å². The summed E-state index contributed by atoms with van der Waals surface area (Å²) in [5.41, 5.74) is 1.20. The van der Waals surface area contributed by atoms with Crippen molar-refractivity contribution in [3.8, 4) is 28.7 Å². The normalized spacial score (nSPS) is 10.5.